The molecule has 2 amide bonds. The molecule has 1 aliphatic rings. The molecule has 1 aromatic heterocycles. The molecule has 1 aliphatic carbocycles. The molecule has 0 radical (unpaired) electrons. The van der Waals surface area contributed by atoms with Crippen molar-refractivity contribution in [1.29, 1.82) is 0 Å². The highest BCUT2D eigenvalue weighted by atomic mass is 16.5. The topological polar surface area (TPSA) is 88.4 Å². The number of carbonyl (C=O) groups excluding carboxylic acids is 1. The van der Waals surface area contributed by atoms with E-state index in [4.69, 9.17) is 4.74 Å². The fraction of sp³-hybridized carbons (Fsp3) is 0.444. The molecule has 1 heterocycles. The van der Waals surface area contributed by atoms with E-state index < -0.39 is 6.10 Å². The summed E-state index contributed by atoms with van der Waals surface area (Å²) in [7, 11) is 1.64. The summed E-state index contributed by atoms with van der Waals surface area (Å²) in [6.45, 7) is 0.606. The summed E-state index contributed by atoms with van der Waals surface area (Å²) in [4.78, 5) is 12.1. The van der Waals surface area contributed by atoms with E-state index in [0.29, 0.717) is 12.2 Å². The number of aliphatic hydroxyl groups is 1. The Morgan fingerprint density at radius 2 is 2.08 bits per heavy atom. The number of rotatable bonds is 5. The van der Waals surface area contributed by atoms with Crippen LogP contribution in [0.1, 0.15) is 31.2 Å². The largest absolute Gasteiger partial charge is 0.497 e. The number of urea groups is 1. The van der Waals surface area contributed by atoms with Gasteiger partial charge in [0.1, 0.15) is 5.75 Å². The first-order chi connectivity index (χ1) is 12.1. The van der Waals surface area contributed by atoms with Gasteiger partial charge in [-0.25, -0.2) is 4.79 Å². The molecule has 7 nitrogen and oxygen atoms in total. The highest BCUT2D eigenvalue weighted by Gasteiger charge is 2.24. The maximum atomic E-state index is 12.1. The van der Waals surface area contributed by atoms with Crippen LogP contribution in [0.2, 0.25) is 0 Å². The molecule has 0 spiro atoms. The Kier molecular flexibility index (Phi) is 5.55. The smallest absolute Gasteiger partial charge is 0.319 e. The molecule has 134 valence electrons. The molecule has 1 saturated carbocycles. The van der Waals surface area contributed by atoms with E-state index in [1.165, 1.54) is 0 Å². The Labute approximate surface area is 147 Å². The van der Waals surface area contributed by atoms with Crippen molar-refractivity contribution in [2.45, 2.75) is 44.4 Å². The van der Waals surface area contributed by atoms with E-state index in [0.717, 1.165) is 37.0 Å². The standard InChI is InChI=1S/C18H24N4O3/c1-25-15-8-6-13(7-9-15)11-22-12-14(10-19-22)20-18(24)21-16-4-2-3-5-17(16)23/h6-10,12,16-17,23H,2-5,11H2,1H3,(H2,20,21,24)/t16-,17+/m1/s1. The zero-order chi connectivity index (χ0) is 17.6. The predicted molar refractivity (Wildman–Crippen MR) is 94.7 cm³/mol. The summed E-state index contributed by atoms with van der Waals surface area (Å²) < 4.78 is 6.90. The number of amides is 2. The third-order valence-corrected chi connectivity index (χ3v) is 4.44. The number of aromatic nitrogens is 2. The highest BCUT2D eigenvalue weighted by Crippen LogP contribution is 2.18. The number of ether oxygens (including phenoxy) is 1. The van der Waals surface area contributed by atoms with Crippen LogP contribution in [-0.4, -0.2) is 40.2 Å². The second-order valence-electron chi connectivity index (χ2n) is 6.33. The van der Waals surface area contributed by atoms with Crippen molar-refractivity contribution in [3.63, 3.8) is 0 Å². The first-order valence-corrected chi connectivity index (χ1v) is 8.55. The molecular formula is C18H24N4O3. The molecule has 0 saturated heterocycles. The zero-order valence-corrected chi connectivity index (χ0v) is 14.3. The number of methoxy groups -OCH3 is 1. The molecule has 1 aromatic carbocycles. The van der Waals surface area contributed by atoms with Crippen LogP contribution in [0.25, 0.3) is 0 Å². The number of carbonyl (C=O) groups is 1. The molecule has 2 aromatic rings. The second-order valence-corrected chi connectivity index (χ2v) is 6.33. The van der Waals surface area contributed by atoms with Crippen molar-refractivity contribution in [3.05, 3.63) is 42.2 Å². The zero-order valence-electron chi connectivity index (χ0n) is 14.3. The van der Waals surface area contributed by atoms with Crippen molar-refractivity contribution >= 4 is 11.7 Å². The van der Waals surface area contributed by atoms with Crippen molar-refractivity contribution < 1.29 is 14.6 Å². The van der Waals surface area contributed by atoms with Crippen molar-refractivity contribution in [3.8, 4) is 5.75 Å². The SMILES string of the molecule is COc1ccc(Cn2cc(NC(=O)N[C@@H]3CCCC[C@@H]3O)cn2)cc1. The minimum atomic E-state index is -0.461. The summed E-state index contributed by atoms with van der Waals surface area (Å²) in [5.74, 6) is 0.813. The van der Waals surface area contributed by atoms with Gasteiger partial charge < -0.3 is 20.5 Å². The van der Waals surface area contributed by atoms with Gasteiger partial charge in [-0.1, -0.05) is 25.0 Å². The van der Waals surface area contributed by atoms with Gasteiger partial charge in [0, 0.05) is 6.20 Å². The minimum absolute atomic E-state index is 0.178. The van der Waals surface area contributed by atoms with Gasteiger partial charge in [0.2, 0.25) is 0 Å². The summed E-state index contributed by atoms with van der Waals surface area (Å²) in [5.41, 5.74) is 1.71. The summed E-state index contributed by atoms with van der Waals surface area (Å²) >= 11 is 0. The third-order valence-electron chi connectivity index (χ3n) is 4.44. The van der Waals surface area contributed by atoms with Crippen LogP contribution in [0.3, 0.4) is 0 Å². The fourth-order valence-electron chi connectivity index (χ4n) is 3.05. The van der Waals surface area contributed by atoms with Crippen LogP contribution in [0, 0.1) is 0 Å². The average Bonchev–Trinajstić information content (AvgIpc) is 3.04. The lowest BCUT2D eigenvalue weighted by Crippen LogP contribution is -2.46. The first-order valence-electron chi connectivity index (χ1n) is 8.55. The van der Waals surface area contributed by atoms with Crippen LogP contribution in [0.5, 0.6) is 5.75 Å². The van der Waals surface area contributed by atoms with E-state index >= 15 is 0 Å². The van der Waals surface area contributed by atoms with Crippen molar-refractivity contribution in [2.75, 3.05) is 12.4 Å². The molecule has 0 aliphatic heterocycles. The molecule has 1 fully saturated rings. The number of benzene rings is 1. The third kappa shape index (κ3) is 4.73. The number of aliphatic hydroxyl groups excluding tert-OH is 1. The number of nitrogens with one attached hydrogen (secondary N) is 2. The van der Waals surface area contributed by atoms with E-state index in [2.05, 4.69) is 15.7 Å². The van der Waals surface area contributed by atoms with Gasteiger partial charge in [0.05, 0.1) is 37.7 Å². The fourth-order valence-corrected chi connectivity index (χ4v) is 3.05. The molecule has 25 heavy (non-hydrogen) atoms. The summed E-state index contributed by atoms with van der Waals surface area (Å²) in [6, 6.07) is 7.27. The first kappa shape index (κ1) is 17.3. The van der Waals surface area contributed by atoms with Crippen LogP contribution < -0.4 is 15.4 Å². The van der Waals surface area contributed by atoms with Crippen LogP contribution in [-0.2, 0) is 6.54 Å². The van der Waals surface area contributed by atoms with E-state index in [9.17, 15) is 9.90 Å². The molecule has 0 unspecified atom stereocenters. The van der Waals surface area contributed by atoms with Gasteiger partial charge in [-0.15, -0.1) is 0 Å². The number of hydrogen-bond donors (Lipinski definition) is 3. The van der Waals surface area contributed by atoms with Crippen molar-refractivity contribution in [1.82, 2.24) is 15.1 Å². The maximum absolute atomic E-state index is 12.1. The van der Waals surface area contributed by atoms with Crippen LogP contribution in [0.4, 0.5) is 10.5 Å². The lowest BCUT2D eigenvalue weighted by atomic mass is 9.93. The van der Waals surface area contributed by atoms with Gasteiger partial charge in [0.15, 0.2) is 0 Å². The molecule has 2 atom stereocenters. The molecule has 3 rings (SSSR count). The maximum Gasteiger partial charge on any atom is 0.319 e. The Morgan fingerprint density at radius 1 is 1.32 bits per heavy atom. The quantitative estimate of drug-likeness (QED) is 0.777. The summed E-state index contributed by atoms with van der Waals surface area (Å²) in [6.07, 6.45) is 6.52. The van der Waals surface area contributed by atoms with Crippen LogP contribution >= 0.6 is 0 Å². The lowest BCUT2D eigenvalue weighted by Gasteiger charge is -2.28. The van der Waals surface area contributed by atoms with Gasteiger partial charge in [-0.3, -0.25) is 4.68 Å². The molecule has 0 bridgehead atoms. The highest BCUT2D eigenvalue weighted by molar-refractivity contribution is 5.89. The summed E-state index contributed by atoms with van der Waals surface area (Å²) in [5, 5.41) is 19.8. The van der Waals surface area contributed by atoms with Gasteiger partial charge in [-0.05, 0) is 30.5 Å². The Balaban J connectivity index is 1.52. The molecular weight excluding hydrogens is 320 g/mol. The van der Waals surface area contributed by atoms with E-state index in [1.54, 1.807) is 24.2 Å². The average molecular weight is 344 g/mol. The number of nitrogens with zero attached hydrogens (tertiary/aromatic N) is 2. The lowest BCUT2D eigenvalue weighted by molar-refractivity contribution is 0.0955. The molecule has 7 heteroatoms. The second kappa shape index (κ2) is 8.02. The van der Waals surface area contributed by atoms with E-state index in [1.807, 2.05) is 24.3 Å². The van der Waals surface area contributed by atoms with Crippen LogP contribution in [0.15, 0.2) is 36.7 Å². The minimum Gasteiger partial charge on any atom is -0.497 e. The molecule has 3 N–H and O–H groups in total. The Bertz CT molecular complexity index is 699. The predicted octanol–water partition coefficient (Wildman–Crippen LogP) is 2.37. The van der Waals surface area contributed by atoms with Gasteiger partial charge in [-0.2, -0.15) is 5.10 Å². The Hall–Kier alpha value is -2.54. The van der Waals surface area contributed by atoms with E-state index in [-0.39, 0.29) is 12.1 Å². The van der Waals surface area contributed by atoms with Gasteiger partial charge >= 0.3 is 6.03 Å². The number of anilines is 1. The Morgan fingerprint density at radius 3 is 2.80 bits per heavy atom. The van der Waals surface area contributed by atoms with Gasteiger partial charge in [0.25, 0.3) is 0 Å². The number of hydrogen-bond acceptors (Lipinski definition) is 4. The monoisotopic (exact) mass is 344 g/mol. The van der Waals surface area contributed by atoms with Crippen molar-refractivity contribution in [2.24, 2.45) is 0 Å². The normalized spacial score (nSPS) is 20.1.